The molecule has 0 aromatic rings. The molecule has 17 heavy (non-hydrogen) atoms. The Morgan fingerprint density at radius 3 is 2.41 bits per heavy atom. The molecule has 0 atom stereocenters. The van der Waals surface area contributed by atoms with Crippen LogP contribution in [0.3, 0.4) is 0 Å². The van der Waals surface area contributed by atoms with E-state index in [0.717, 1.165) is 13.1 Å². The number of sulfonamides is 1. The lowest BCUT2D eigenvalue weighted by molar-refractivity contribution is 0.198. The molecule has 0 aromatic heterocycles. The summed E-state index contributed by atoms with van der Waals surface area (Å²) in [5, 5.41) is 3.40. The molecule has 0 unspecified atom stereocenters. The topological polar surface area (TPSA) is 61.4 Å². The monoisotopic (exact) mass is 263 g/mol. The van der Waals surface area contributed by atoms with Crippen molar-refractivity contribution in [1.82, 2.24) is 14.9 Å². The van der Waals surface area contributed by atoms with Gasteiger partial charge in [-0.2, -0.15) is 0 Å². The van der Waals surface area contributed by atoms with E-state index in [4.69, 9.17) is 0 Å². The third-order valence-corrected chi connectivity index (χ3v) is 3.78. The maximum absolute atomic E-state index is 10.9. The fourth-order valence-electron chi connectivity index (χ4n) is 2.19. The van der Waals surface area contributed by atoms with Crippen LogP contribution in [0, 0.1) is 0 Å². The van der Waals surface area contributed by atoms with Crippen LogP contribution in [0.15, 0.2) is 0 Å². The summed E-state index contributed by atoms with van der Waals surface area (Å²) in [5.74, 6) is 0. The van der Waals surface area contributed by atoms with Gasteiger partial charge in [-0.25, -0.2) is 13.1 Å². The van der Waals surface area contributed by atoms with Gasteiger partial charge in [0.05, 0.1) is 6.26 Å². The number of likely N-dealkylation sites (tertiary alicyclic amines) is 1. The zero-order valence-corrected chi connectivity index (χ0v) is 11.7. The molecule has 0 aliphatic carbocycles. The molecular weight excluding hydrogens is 238 g/mol. The maximum atomic E-state index is 10.9. The second-order valence-corrected chi connectivity index (χ2v) is 6.57. The lowest BCUT2D eigenvalue weighted by atomic mass is 10.1. The van der Waals surface area contributed by atoms with Crippen molar-refractivity contribution in [2.75, 3.05) is 39.0 Å². The second kappa shape index (κ2) is 7.31. The highest BCUT2D eigenvalue weighted by Crippen LogP contribution is 2.09. The minimum Gasteiger partial charge on any atom is -0.313 e. The van der Waals surface area contributed by atoms with Gasteiger partial charge in [0.15, 0.2) is 0 Å². The summed E-state index contributed by atoms with van der Waals surface area (Å²) < 4.78 is 24.2. The number of piperidine rings is 1. The van der Waals surface area contributed by atoms with Crippen LogP contribution in [0.1, 0.15) is 26.2 Å². The molecule has 102 valence electrons. The molecule has 0 saturated carbocycles. The summed E-state index contributed by atoms with van der Waals surface area (Å²) in [6, 6.07) is 0.546. The van der Waals surface area contributed by atoms with Gasteiger partial charge in [0.1, 0.15) is 0 Å². The van der Waals surface area contributed by atoms with Gasteiger partial charge in [-0.05, 0) is 38.9 Å². The van der Waals surface area contributed by atoms with Crippen molar-refractivity contribution in [2.24, 2.45) is 0 Å². The molecule has 1 aliphatic heterocycles. The number of nitrogens with zero attached hydrogens (tertiary/aromatic N) is 1. The molecule has 0 spiro atoms. The minimum absolute atomic E-state index is 0.480. The molecule has 0 amide bonds. The van der Waals surface area contributed by atoms with E-state index >= 15 is 0 Å². The predicted octanol–water partition coefficient (Wildman–Crippen LogP) is -0.000400. The highest BCUT2D eigenvalue weighted by Gasteiger charge is 2.17. The quantitative estimate of drug-likeness (QED) is 0.635. The summed E-state index contributed by atoms with van der Waals surface area (Å²) in [6.07, 6.45) is 4.74. The third kappa shape index (κ3) is 6.98. The van der Waals surface area contributed by atoms with E-state index in [2.05, 4.69) is 21.9 Å². The Hall–Kier alpha value is -0.170. The Morgan fingerprint density at radius 1 is 1.24 bits per heavy atom. The number of hydrogen-bond acceptors (Lipinski definition) is 4. The van der Waals surface area contributed by atoms with Crippen LogP contribution in [0.25, 0.3) is 0 Å². The molecule has 0 bridgehead atoms. The molecule has 5 nitrogen and oxygen atoms in total. The van der Waals surface area contributed by atoms with Gasteiger partial charge in [-0.1, -0.05) is 6.92 Å². The Kier molecular flexibility index (Phi) is 6.40. The average molecular weight is 263 g/mol. The molecule has 1 saturated heterocycles. The van der Waals surface area contributed by atoms with Crippen LogP contribution in [-0.2, 0) is 10.0 Å². The summed E-state index contributed by atoms with van der Waals surface area (Å²) in [6.45, 7) is 6.92. The van der Waals surface area contributed by atoms with Gasteiger partial charge < -0.3 is 10.2 Å². The maximum Gasteiger partial charge on any atom is 0.208 e. The van der Waals surface area contributed by atoms with Crippen molar-refractivity contribution >= 4 is 10.0 Å². The van der Waals surface area contributed by atoms with Crippen molar-refractivity contribution in [2.45, 2.75) is 32.2 Å². The summed E-state index contributed by atoms with van der Waals surface area (Å²) in [5.41, 5.74) is 0. The molecule has 1 aliphatic rings. The predicted molar refractivity (Wildman–Crippen MR) is 70.6 cm³/mol. The first-order chi connectivity index (χ1) is 8.01. The van der Waals surface area contributed by atoms with Crippen molar-refractivity contribution < 1.29 is 8.42 Å². The Balaban J connectivity index is 2.06. The highest BCUT2D eigenvalue weighted by atomic mass is 32.2. The first-order valence-corrected chi connectivity index (χ1v) is 8.31. The van der Waals surface area contributed by atoms with Crippen molar-refractivity contribution in [3.8, 4) is 0 Å². The zero-order valence-electron chi connectivity index (χ0n) is 10.9. The normalized spacial score (nSPS) is 19.6. The fraction of sp³-hybridized carbons (Fsp3) is 1.00. The molecule has 6 heteroatoms. The van der Waals surface area contributed by atoms with E-state index in [1.54, 1.807) is 0 Å². The molecule has 1 rings (SSSR count). The summed E-state index contributed by atoms with van der Waals surface area (Å²) >= 11 is 0. The standard InChI is InChI=1S/C11H25N3O2S/c1-3-8-14-9-4-11(5-10-14)12-6-7-13-17(2,15)16/h11-13H,3-10H2,1-2H3. The molecule has 2 N–H and O–H groups in total. The zero-order chi connectivity index (χ0) is 12.7. The lowest BCUT2D eigenvalue weighted by Crippen LogP contribution is -2.44. The highest BCUT2D eigenvalue weighted by molar-refractivity contribution is 7.88. The van der Waals surface area contributed by atoms with E-state index in [9.17, 15) is 8.42 Å². The molecule has 1 heterocycles. The van der Waals surface area contributed by atoms with Crippen LogP contribution >= 0.6 is 0 Å². The largest absolute Gasteiger partial charge is 0.313 e. The fourth-order valence-corrected chi connectivity index (χ4v) is 2.66. The van der Waals surface area contributed by atoms with E-state index in [1.807, 2.05) is 0 Å². The summed E-state index contributed by atoms with van der Waals surface area (Å²) in [4.78, 5) is 2.49. The summed E-state index contributed by atoms with van der Waals surface area (Å²) in [7, 11) is -3.04. The van der Waals surface area contributed by atoms with Crippen LogP contribution in [0.2, 0.25) is 0 Å². The number of hydrogen-bond donors (Lipinski definition) is 2. The Labute approximate surface area is 105 Å². The Bertz CT molecular complexity index is 298. The third-order valence-electron chi connectivity index (χ3n) is 3.05. The van der Waals surface area contributed by atoms with Crippen LogP contribution in [0.5, 0.6) is 0 Å². The van der Waals surface area contributed by atoms with E-state index < -0.39 is 10.0 Å². The first-order valence-electron chi connectivity index (χ1n) is 6.41. The van der Waals surface area contributed by atoms with Gasteiger partial charge >= 0.3 is 0 Å². The number of rotatable bonds is 7. The molecule has 0 radical (unpaired) electrons. The van der Waals surface area contributed by atoms with Crippen LogP contribution in [-0.4, -0.2) is 58.3 Å². The van der Waals surface area contributed by atoms with Gasteiger partial charge in [0.2, 0.25) is 10.0 Å². The van der Waals surface area contributed by atoms with Crippen molar-refractivity contribution in [3.63, 3.8) is 0 Å². The molecule has 1 fully saturated rings. The first kappa shape index (κ1) is 14.9. The van der Waals surface area contributed by atoms with Gasteiger partial charge in [0.25, 0.3) is 0 Å². The average Bonchev–Trinajstić information content (AvgIpc) is 2.26. The van der Waals surface area contributed by atoms with Crippen LogP contribution in [0.4, 0.5) is 0 Å². The van der Waals surface area contributed by atoms with E-state index in [1.165, 1.54) is 32.1 Å². The van der Waals surface area contributed by atoms with E-state index in [0.29, 0.717) is 19.1 Å². The van der Waals surface area contributed by atoms with Gasteiger partial charge in [-0.15, -0.1) is 0 Å². The minimum atomic E-state index is -3.04. The van der Waals surface area contributed by atoms with Crippen LogP contribution < -0.4 is 10.0 Å². The smallest absolute Gasteiger partial charge is 0.208 e. The second-order valence-electron chi connectivity index (χ2n) is 4.74. The molecular formula is C11H25N3O2S. The van der Waals surface area contributed by atoms with E-state index in [-0.39, 0.29) is 0 Å². The Morgan fingerprint density at radius 2 is 1.88 bits per heavy atom. The van der Waals surface area contributed by atoms with Gasteiger partial charge in [-0.3, -0.25) is 0 Å². The van der Waals surface area contributed by atoms with Crippen molar-refractivity contribution in [1.29, 1.82) is 0 Å². The number of nitrogens with one attached hydrogen (secondary N) is 2. The SMILES string of the molecule is CCCN1CCC(NCCNS(C)(=O)=O)CC1. The van der Waals surface area contributed by atoms with Crippen molar-refractivity contribution in [3.05, 3.63) is 0 Å². The van der Waals surface area contributed by atoms with Gasteiger partial charge in [0, 0.05) is 19.1 Å². The molecule has 0 aromatic carbocycles. The lowest BCUT2D eigenvalue weighted by Gasteiger charge is -2.32.